The summed E-state index contributed by atoms with van der Waals surface area (Å²) in [5, 5.41) is 3.19. The van der Waals surface area contributed by atoms with Gasteiger partial charge in [-0.3, -0.25) is 9.59 Å². The zero-order valence-corrected chi connectivity index (χ0v) is 15.8. The highest BCUT2D eigenvalue weighted by atomic mass is 32.2. The molecule has 6 heteroatoms. The highest BCUT2D eigenvalue weighted by Crippen LogP contribution is 2.31. The molecule has 0 bridgehead atoms. The van der Waals surface area contributed by atoms with Crippen LogP contribution in [-0.2, 0) is 4.79 Å². The van der Waals surface area contributed by atoms with Crippen molar-refractivity contribution in [2.24, 2.45) is 0 Å². The monoisotopic (exact) mass is 362 g/mol. The van der Waals surface area contributed by atoms with Gasteiger partial charge in [0.25, 0.3) is 0 Å². The summed E-state index contributed by atoms with van der Waals surface area (Å²) in [4.78, 5) is 29.2. The number of unbranched alkanes of at least 4 members (excludes halogenated alkanes) is 1. The maximum absolute atomic E-state index is 12.3. The van der Waals surface area contributed by atoms with Gasteiger partial charge in [0.05, 0.1) is 15.8 Å². The number of thioether (sulfide) groups is 1. The lowest BCUT2D eigenvalue weighted by Gasteiger charge is -2.09. The van der Waals surface area contributed by atoms with Crippen molar-refractivity contribution in [3.63, 3.8) is 0 Å². The zero-order valence-electron chi connectivity index (χ0n) is 14.2. The Morgan fingerprint density at radius 3 is 2.62 bits per heavy atom. The molecule has 128 valence electrons. The summed E-state index contributed by atoms with van der Waals surface area (Å²) in [5.74, 6) is 0.855. The quantitative estimate of drug-likeness (QED) is 0.537. The molecule has 1 unspecified atom stereocenters. The number of hydrogen-bond donors (Lipinski definition) is 1. The predicted octanol–water partition coefficient (Wildman–Crippen LogP) is 4.87. The molecule has 24 heavy (non-hydrogen) atoms. The molecule has 1 heterocycles. The van der Waals surface area contributed by atoms with Crippen molar-refractivity contribution in [3.8, 4) is 11.3 Å². The number of benzene rings is 1. The van der Waals surface area contributed by atoms with E-state index in [0.29, 0.717) is 15.7 Å². The average Bonchev–Trinajstić information content (AvgIpc) is 3.00. The largest absolute Gasteiger partial charge is 0.301 e. The summed E-state index contributed by atoms with van der Waals surface area (Å²) in [5.41, 5.74) is 1.51. The molecular weight excluding hydrogens is 340 g/mol. The van der Waals surface area contributed by atoms with Crippen LogP contribution in [0.3, 0.4) is 0 Å². The van der Waals surface area contributed by atoms with Crippen molar-refractivity contribution < 1.29 is 9.59 Å². The molecular formula is C18H22N2O2S2. The van der Waals surface area contributed by atoms with Crippen LogP contribution in [0.4, 0.5) is 5.13 Å². The van der Waals surface area contributed by atoms with Gasteiger partial charge in [-0.15, -0.1) is 11.8 Å². The third-order valence-corrected chi connectivity index (χ3v) is 5.77. The van der Waals surface area contributed by atoms with Crippen molar-refractivity contribution in [2.75, 3.05) is 11.1 Å². The molecule has 1 N–H and O–H groups in total. The lowest BCUT2D eigenvalue weighted by Crippen LogP contribution is -2.22. The van der Waals surface area contributed by atoms with E-state index < -0.39 is 0 Å². The average molecular weight is 363 g/mol. The molecule has 0 saturated carbocycles. The first-order valence-corrected chi connectivity index (χ1v) is 9.89. The molecule has 0 aliphatic heterocycles. The summed E-state index contributed by atoms with van der Waals surface area (Å²) < 4.78 is 0. The van der Waals surface area contributed by atoms with E-state index in [2.05, 4.69) is 17.2 Å². The van der Waals surface area contributed by atoms with E-state index in [0.717, 1.165) is 24.2 Å². The predicted molar refractivity (Wildman–Crippen MR) is 103 cm³/mol. The maximum Gasteiger partial charge on any atom is 0.238 e. The molecule has 0 radical (unpaired) electrons. The fourth-order valence-electron chi connectivity index (χ4n) is 2.09. The minimum absolute atomic E-state index is 0.0442. The van der Waals surface area contributed by atoms with E-state index in [-0.39, 0.29) is 16.9 Å². The van der Waals surface area contributed by atoms with Gasteiger partial charge in [-0.05, 0) is 19.1 Å². The first kappa shape index (κ1) is 18.7. The van der Waals surface area contributed by atoms with Crippen molar-refractivity contribution in [1.82, 2.24) is 4.98 Å². The highest BCUT2D eigenvalue weighted by Gasteiger charge is 2.20. The Bertz CT molecular complexity index is 698. The number of thiazole rings is 1. The van der Waals surface area contributed by atoms with Crippen molar-refractivity contribution in [1.29, 1.82) is 0 Å². The standard InChI is InChI=1S/C18H22N2O2S2/c1-4-5-11-23-13(3)17(22)20-18-19-15(16(24-18)12(2)21)14-9-7-6-8-10-14/h6-10,13H,4-5,11H2,1-3H3,(H,19,20,22). The fraction of sp³-hybridized carbons (Fsp3) is 0.389. The molecule has 1 aromatic carbocycles. The zero-order chi connectivity index (χ0) is 17.5. The molecule has 0 saturated heterocycles. The number of carbonyl (C=O) groups excluding carboxylic acids is 2. The number of nitrogens with one attached hydrogen (secondary N) is 1. The summed E-state index contributed by atoms with van der Waals surface area (Å²) in [6.45, 7) is 5.55. The number of Topliss-reactive ketones (excluding diaryl/α,β-unsaturated/α-hetero) is 1. The Labute approximate surface area is 151 Å². The maximum atomic E-state index is 12.3. The van der Waals surface area contributed by atoms with E-state index in [1.807, 2.05) is 37.3 Å². The van der Waals surface area contributed by atoms with Crippen molar-refractivity contribution in [3.05, 3.63) is 35.2 Å². The molecule has 2 rings (SSSR count). The van der Waals surface area contributed by atoms with Crippen molar-refractivity contribution >= 4 is 39.9 Å². The summed E-state index contributed by atoms with van der Waals surface area (Å²) in [6.07, 6.45) is 2.22. The smallest absolute Gasteiger partial charge is 0.238 e. The number of aromatic nitrogens is 1. The van der Waals surface area contributed by atoms with Crippen LogP contribution < -0.4 is 5.32 Å². The number of rotatable bonds is 8. The highest BCUT2D eigenvalue weighted by molar-refractivity contribution is 8.00. The summed E-state index contributed by atoms with van der Waals surface area (Å²) in [7, 11) is 0. The SMILES string of the molecule is CCCCSC(C)C(=O)Nc1nc(-c2ccccc2)c(C(C)=O)s1. The van der Waals surface area contributed by atoms with E-state index in [9.17, 15) is 9.59 Å². The second-order valence-corrected chi connectivity index (χ2v) is 7.92. The fourth-order valence-corrected chi connectivity index (χ4v) is 4.00. The van der Waals surface area contributed by atoms with Gasteiger partial charge >= 0.3 is 0 Å². The van der Waals surface area contributed by atoms with E-state index >= 15 is 0 Å². The number of amides is 1. The first-order valence-electron chi connectivity index (χ1n) is 8.02. The summed E-state index contributed by atoms with van der Waals surface area (Å²) in [6, 6.07) is 9.56. The molecule has 0 spiro atoms. The third-order valence-electron chi connectivity index (χ3n) is 3.46. The lowest BCUT2D eigenvalue weighted by atomic mass is 10.1. The molecule has 0 aliphatic rings. The first-order chi connectivity index (χ1) is 11.5. The molecule has 0 fully saturated rings. The van der Waals surface area contributed by atoms with E-state index in [4.69, 9.17) is 0 Å². The molecule has 1 amide bonds. The van der Waals surface area contributed by atoms with Gasteiger partial charge in [0, 0.05) is 12.5 Å². The summed E-state index contributed by atoms with van der Waals surface area (Å²) >= 11 is 2.87. The van der Waals surface area contributed by atoms with Crippen LogP contribution in [0.1, 0.15) is 43.3 Å². The van der Waals surface area contributed by atoms with Gasteiger partial charge in [-0.2, -0.15) is 0 Å². The van der Waals surface area contributed by atoms with Crippen LogP contribution in [0.5, 0.6) is 0 Å². The minimum Gasteiger partial charge on any atom is -0.301 e. The van der Waals surface area contributed by atoms with Gasteiger partial charge in [0.1, 0.15) is 0 Å². The number of carbonyl (C=O) groups is 2. The number of anilines is 1. The van der Waals surface area contributed by atoms with Gasteiger partial charge in [0.15, 0.2) is 10.9 Å². The normalized spacial score (nSPS) is 12.0. The topological polar surface area (TPSA) is 59.1 Å². The minimum atomic E-state index is -0.138. The Kier molecular flexibility index (Phi) is 6.99. The van der Waals surface area contributed by atoms with Gasteiger partial charge in [0.2, 0.25) is 5.91 Å². The van der Waals surface area contributed by atoms with Gasteiger partial charge in [-0.25, -0.2) is 4.98 Å². The van der Waals surface area contributed by atoms with E-state index in [1.54, 1.807) is 11.8 Å². The second-order valence-electron chi connectivity index (χ2n) is 5.47. The molecule has 1 atom stereocenters. The molecule has 2 aromatic rings. The van der Waals surface area contributed by atoms with Crippen molar-refractivity contribution in [2.45, 2.75) is 38.9 Å². The number of nitrogens with zero attached hydrogens (tertiary/aromatic N) is 1. The molecule has 0 aliphatic carbocycles. The Hall–Kier alpha value is -1.66. The number of hydrogen-bond acceptors (Lipinski definition) is 5. The van der Waals surface area contributed by atoms with E-state index in [1.165, 1.54) is 18.3 Å². The third kappa shape index (κ3) is 4.92. The Balaban J connectivity index is 2.14. The van der Waals surface area contributed by atoms with Crippen LogP contribution in [0.25, 0.3) is 11.3 Å². The molecule has 1 aromatic heterocycles. The van der Waals surface area contributed by atoms with Crippen LogP contribution in [-0.4, -0.2) is 27.7 Å². The van der Waals surface area contributed by atoms with Gasteiger partial charge in [-0.1, -0.05) is 55.0 Å². The Morgan fingerprint density at radius 1 is 1.29 bits per heavy atom. The number of ketones is 1. The van der Waals surface area contributed by atoms with Crippen LogP contribution in [0.15, 0.2) is 30.3 Å². The Morgan fingerprint density at radius 2 is 2.00 bits per heavy atom. The van der Waals surface area contributed by atoms with Crippen LogP contribution >= 0.6 is 23.1 Å². The van der Waals surface area contributed by atoms with Gasteiger partial charge < -0.3 is 5.32 Å². The lowest BCUT2D eigenvalue weighted by molar-refractivity contribution is -0.115. The second kappa shape index (κ2) is 8.99. The van der Waals surface area contributed by atoms with Crippen LogP contribution in [0, 0.1) is 0 Å². The molecule has 4 nitrogen and oxygen atoms in total. The van der Waals surface area contributed by atoms with Crippen LogP contribution in [0.2, 0.25) is 0 Å².